The number of methoxy groups -OCH3 is 3. The molecule has 162 valence electrons. The van der Waals surface area contributed by atoms with Crippen LogP contribution in [0, 0.1) is 0 Å². The smallest absolute Gasteiger partial charge is 0.409 e. The number of benzene rings is 2. The molecule has 0 aliphatic rings. The van der Waals surface area contributed by atoms with E-state index in [1.807, 2.05) is 61.1 Å². The molecule has 9 heteroatoms. The van der Waals surface area contributed by atoms with Crippen molar-refractivity contribution < 1.29 is 31.2 Å². The fourth-order valence-electron chi connectivity index (χ4n) is 3.00. The highest BCUT2D eigenvalue weighted by molar-refractivity contribution is 7.21. The summed E-state index contributed by atoms with van der Waals surface area (Å²) in [4.78, 5) is 2.13. The number of hydrogen-bond donors (Lipinski definition) is 0. The molecule has 0 aliphatic heterocycles. The molecule has 7 nitrogen and oxygen atoms in total. The van der Waals surface area contributed by atoms with Gasteiger partial charge in [0.2, 0.25) is 0 Å². The van der Waals surface area contributed by atoms with Gasteiger partial charge in [-0.05, 0) is 52.8 Å². The maximum atomic E-state index is 5.44. The van der Waals surface area contributed by atoms with Gasteiger partial charge in [0, 0.05) is 39.6 Å². The zero-order valence-corrected chi connectivity index (χ0v) is 19.4. The summed E-state index contributed by atoms with van der Waals surface area (Å²) < 4.78 is 19.1. The summed E-state index contributed by atoms with van der Waals surface area (Å²) in [5.41, 5.74) is 2.99. The van der Waals surface area contributed by atoms with Gasteiger partial charge in [-0.3, -0.25) is 0 Å². The molecular formula is C21H27ClN4O3S. The first-order chi connectivity index (χ1) is 14.0. The summed E-state index contributed by atoms with van der Waals surface area (Å²) in [5, 5.41) is 9.68. The lowest BCUT2D eigenvalue weighted by atomic mass is 10.2. The summed E-state index contributed by atoms with van der Waals surface area (Å²) in [6, 6.07) is 14.0. The SMILES string of the molecule is COCC(CN(C)c1ccc(N=Nc2sc3cc(OC)ccc3[n+]2C)cc1)OC.[Cl-]. The van der Waals surface area contributed by atoms with Crippen LogP contribution in [0.1, 0.15) is 0 Å². The summed E-state index contributed by atoms with van der Waals surface area (Å²) in [6.07, 6.45) is 0.0240. The zero-order valence-electron chi connectivity index (χ0n) is 17.8. The van der Waals surface area contributed by atoms with Crippen molar-refractivity contribution in [2.75, 3.05) is 46.4 Å². The van der Waals surface area contributed by atoms with Gasteiger partial charge < -0.3 is 31.5 Å². The van der Waals surface area contributed by atoms with E-state index in [0.29, 0.717) is 6.61 Å². The van der Waals surface area contributed by atoms with Crippen LogP contribution in [0.5, 0.6) is 5.75 Å². The van der Waals surface area contributed by atoms with E-state index in [9.17, 15) is 0 Å². The van der Waals surface area contributed by atoms with Crippen molar-refractivity contribution >= 4 is 38.1 Å². The van der Waals surface area contributed by atoms with Gasteiger partial charge in [-0.15, -0.1) is 0 Å². The van der Waals surface area contributed by atoms with Gasteiger partial charge in [-0.2, -0.15) is 0 Å². The fourth-order valence-corrected chi connectivity index (χ4v) is 4.00. The summed E-state index contributed by atoms with van der Waals surface area (Å²) in [6.45, 7) is 1.30. The molecular weight excluding hydrogens is 424 g/mol. The Morgan fingerprint density at radius 3 is 2.43 bits per heavy atom. The van der Waals surface area contributed by atoms with E-state index in [2.05, 4.69) is 15.1 Å². The maximum Gasteiger partial charge on any atom is 0.409 e. The van der Waals surface area contributed by atoms with Crippen molar-refractivity contribution in [3.05, 3.63) is 42.5 Å². The third kappa shape index (κ3) is 5.66. The second kappa shape index (κ2) is 11.2. The van der Waals surface area contributed by atoms with Gasteiger partial charge in [0.25, 0.3) is 0 Å². The fraction of sp³-hybridized carbons (Fsp3) is 0.381. The Hall–Kier alpha value is -2.26. The summed E-state index contributed by atoms with van der Waals surface area (Å²) in [7, 11) is 9.07. The number of ether oxygens (including phenoxy) is 3. The number of likely N-dealkylation sites (N-methyl/N-ethyl adjacent to an activating group) is 1. The number of aryl methyl sites for hydroxylation is 1. The Morgan fingerprint density at radius 1 is 1.07 bits per heavy atom. The van der Waals surface area contributed by atoms with Crippen molar-refractivity contribution in [1.82, 2.24) is 0 Å². The Balaban J connectivity index is 0.00000320. The van der Waals surface area contributed by atoms with Crippen LogP contribution < -0.4 is 26.6 Å². The second-order valence-electron chi connectivity index (χ2n) is 6.69. The van der Waals surface area contributed by atoms with Crippen LogP contribution in [0.2, 0.25) is 0 Å². The number of rotatable bonds is 9. The summed E-state index contributed by atoms with van der Waals surface area (Å²) >= 11 is 1.58. The largest absolute Gasteiger partial charge is 1.00 e. The Bertz CT molecular complexity index is 978. The quantitative estimate of drug-likeness (QED) is 0.363. The van der Waals surface area contributed by atoms with Crippen molar-refractivity contribution in [3.8, 4) is 5.75 Å². The molecule has 3 aromatic rings. The monoisotopic (exact) mass is 450 g/mol. The van der Waals surface area contributed by atoms with Gasteiger partial charge in [0.15, 0.2) is 0 Å². The van der Waals surface area contributed by atoms with Crippen molar-refractivity contribution in [2.45, 2.75) is 6.10 Å². The molecule has 0 saturated heterocycles. The maximum absolute atomic E-state index is 5.44. The molecule has 0 spiro atoms. The van der Waals surface area contributed by atoms with Crippen LogP contribution >= 0.6 is 11.3 Å². The van der Waals surface area contributed by atoms with Crippen LogP contribution in [0.3, 0.4) is 0 Å². The lowest BCUT2D eigenvalue weighted by molar-refractivity contribution is -0.627. The predicted molar refractivity (Wildman–Crippen MR) is 116 cm³/mol. The van der Waals surface area contributed by atoms with Gasteiger partial charge in [-0.1, -0.05) is 0 Å². The molecule has 1 heterocycles. The van der Waals surface area contributed by atoms with E-state index in [4.69, 9.17) is 14.2 Å². The molecule has 1 atom stereocenters. The average Bonchev–Trinajstić information content (AvgIpc) is 3.07. The van der Waals surface area contributed by atoms with E-state index in [1.54, 1.807) is 32.7 Å². The zero-order chi connectivity index (χ0) is 20.8. The molecule has 2 aromatic carbocycles. The lowest BCUT2D eigenvalue weighted by Gasteiger charge is -2.24. The van der Waals surface area contributed by atoms with Gasteiger partial charge in [0.05, 0.1) is 36.7 Å². The molecule has 0 amide bonds. The van der Waals surface area contributed by atoms with Crippen LogP contribution in [0.15, 0.2) is 52.7 Å². The number of anilines is 1. The highest BCUT2D eigenvalue weighted by atomic mass is 35.5. The number of halogens is 1. The van der Waals surface area contributed by atoms with Crippen LogP contribution in [-0.2, 0) is 16.5 Å². The molecule has 0 N–H and O–H groups in total. The molecule has 0 aliphatic carbocycles. The van der Waals surface area contributed by atoms with Crippen LogP contribution in [0.4, 0.5) is 16.5 Å². The number of thiazole rings is 1. The van der Waals surface area contributed by atoms with E-state index < -0.39 is 0 Å². The van der Waals surface area contributed by atoms with Crippen molar-refractivity contribution in [3.63, 3.8) is 0 Å². The topological polar surface area (TPSA) is 59.5 Å². The number of azo groups is 1. The number of fused-ring (bicyclic) bond motifs is 1. The van der Waals surface area contributed by atoms with E-state index >= 15 is 0 Å². The van der Waals surface area contributed by atoms with Crippen LogP contribution in [0.25, 0.3) is 10.2 Å². The normalized spacial score (nSPS) is 12.2. The third-order valence-electron chi connectivity index (χ3n) is 4.72. The first-order valence-electron chi connectivity index (χ1n) is 9.27. The van der Waals surface area contributed by atoms with E-state index in [-0.39, 0.29) is 18.5 Å². The first-order valence-corrected chi connectivity index (χ1v) is 10.1. The average molecular weight is 451 g/mol. The highest BCUT2D eigenvalue weighted by Crippen LogP contribution is 2.30. The van der Waals surface area contributed by atoms with Crippen molar-refractivity contribution in [2.24, 2.45) is 17.3 Å². The van der Waals surface area contributed by atoms with Crippen LogP contribution in [-0.4, -0.2) is 47.6 Å². The highest BCUT2D eigenvalue weighted by Gasteiger charge is 2.17. The molecule has 0 radical (unpaired) electrons. The third-order valence-corrected chi connectivity index (χ3v) is 5.81. The minimum Gasteiger partial charge on any atom is -1.00 e. The molecule has 0 fully saturated rings. The summed E-state index contributed by atoms with van der Waals surface area (Å²) in [5.74, 6) is 0.837. The van der Waals surface area contributed by atoms with Crippen molar-refractivity contribution in [1.29, 1.82) is 0 Å². The number of hydrogen-bond acceptors (Lipinski definition) is 7. The Labute approximate surface area is 187 Å². The molecule has 1 unspecified atom stereocenters. The van der Waals surface area contributed by atoms with Gasteiger partial charge in [-0.25, -0.2) is 4.57 Å². The predicted octanol–water partition coefficient (Wildman–Crippen LogP) is 1.25. The number of nitrogens with zero attached hydrogens (tertiary/aromatic N) is 4. The first kappa shape index (κ1) is 24.0. The van der Waals surface area contributed by atoms with E-state index in [0.717, 1.165) is 39.0 Å². The Morgan fingerprint density at radius 2 is 1.80 bits per heavy atom. The minimum absolute atomic E-state index is 0. The van der Waals surface area contributed by atoms with Gasteiger partial charge >= 0.3 is 5.13 Å². The Kier molecular flexibility index (Phi) is 8.98. The standard InChI is InChI=1S/C21H27N4O3S.ClH/c1-24(13-18(28-5)14-26-3)16-8-6-15(7-9-16)22-23-21-25(2)19-11-10-17(27-4)12-20(19)29-21;/h6-12,18H,13-14H2,1-5H3;1H/q+1;/p-1. The molecule has 0 saturated carbocycles. The van der Waals surface area contributed by atoms with Gasteiger partial charge in [0.1, 0.15) is 17.0 Å². The second-order valence-corrected chi connectivity index (χ2v) is 7.70. The molecule has 1 aromatic heterocycles. The van der Waals surface area contributed by atoms with E-state index in [1.165, 1.54) is 0 Å². The molecule has 0 bridgehead atoms. The lowest BCUT2D eigenvalue weighted by Crippen LogP contribution is -3.00. The molecule has 30 heavy (non-hydrogen) atoms. The number of aromatic nitrogens is 1. The molecule has 3 rings (SSSR count). The minimum atomic E-state index is 0.